The van der Waals surface area contributed by atoms with Crippen LogP contribution >= 0.6 is 0 Å². The summed E-state index contributed by atoms with van der Waals surface area (Å²) in [4.78, 5) is 0. The molecule has 126 valence electrons. The van der Waals surface area contributed by atoms with Crippen molar-refractivity contribution in [2.45, 2.75) is 0 Å². The number of hydrogen-bond acceptors (Lipinski definition) is 2. The van der Waals surface area contributed by atoms with E-state index < -0.39 is 79.6 Å². The molecule has 0 radical (unpaired) electrons. The lowest BCUT2D eigenvalue weighted by molar-refractivity contribution is 0.389. The van der Waals surface area contributed by atoms with Crippen molar-refractivity contribution in [2.75, 3.05) is 0 Å². The van der Waals surface area contributed by atoms with Crippen LogP contribution in [0.1, 0.15) is 0 Å². The Balaban J connectivity index is 2.87. The Hall–Kier alpha value is -2.78. The van der Waals surface area contributed by atoms with Crippen molar-refractivity contribution in [1.29, 1.82) is 0 Å². The zero-order chi connectivity index (χ0) is 18.1. The van der Waals surface area contributed by atoms with E-state index in [2.05, 4.69) is 0 Å². The summed E-state index contributed by atoms with van der Waals surface area (Å²) in [6, 6.07) is 0. The highest BCUT2D eigenvalue weighted by molar-refractivity contribution is 6.13. The smallest absolute Gasteiger partial charge is 0.204 e. The normalized spacial score (nSPS) is 11.7. The standard InChI is InChI=1S/C14H2F8O2/c15-5-1-2-4(14(24)12(22)11(21)6(2)16)8(18)13(23)3(1)7(17)10(20)9(5)19/h23-24H. The molecule has 0 amide bonds. The maximum Gasteiger partial charge on any atom is 0.204 e. The fourth-order valence-electron chi connectivity index (χ4n) is 2.41. The molecule has 3 rings (SSSR count). The van der Waals surface area contributed by atoms with Crippen LogP contribution in [0, 0.1) is 46.5 Å². The topological polar surface area (TPSA) is 40.5 Å². The first-order chi connectivity index (χ1) is 11.1. The van der Waals surface area contributed by atoms with Gasteiger partial charge in [0.05, 0.1) is 10.8 Å². The lowest BCUT2D eigenvalue weighted by Gasteiger charge is -2.14. The van der Waals surface area contributed by atoms with E-state index in [9.17, 15) is 45.3 Å². The average molecular weight is 354 g/mol. The number of phenols is 2. The van der Waals surface area contributed by atoms with Crippen molar-refractivity contribution >= 4 is 21.5 Å². The van der Waals surface area contributed by atoms with Crippen LogP contribution in [0.2, 0.25) is 0 Å². The van der Waals surface area contributed by atoms with Gasteiger partial charge in [0.15, 0.2) is 52.2 Å². The van der Waals surface area contributed by atoms with Crippen LogP contribution in [-0.4, -0.2) is 10.2 Å². The first-order valence-electron chi connectivity index (χ1n) is 5.96. The number of phenolic OH excluding ortho intramolecular Hbond substituents is 2. The zero-order valence-corrected chi connectivity index (χ0v) is 10.9. The molecule has 2 nitrogen and oxygen atoms in total. The van der Waals surface area contributed by atoms with Gasteiger partial charge in [0.2, 0.25) is 5.82 Å². The quantitative estimate of drug-likeness (QED) is 0.270. The van der Waals surface area contributed by atoms with Gasteiger partial charge in [0.1, 0.15) is 0 Å². The lowest BCUT2D eigenvalue weighted by atomic mass is 9.97. The van der Waals surface area contributed by atoms with Crippen LogP contribution in [0.5, 0.6) is 11.5 Å². The molecular formula is C14H2F8O2. The molecule has 2 N–H and O–H groups in total. The number of fused-ring (bicyclic) bond motifs is 3. The van der Waals surface area contributed by atoms with E-state index in [-0.39, 0.29) is 0 Å². The number of halogens is 8. The second-order valence-corrected chi connectivity index (χ2v) is 4.71. The second-order valence-electron chi connectivity index (χ2n) is 4.71. The summed E-state index contributed by atoms with van der Waals surface area (Å²) in [7, 11) is 0. The first-order valence-corrected chi connectivity index (χ1v) is 5.96. The minimum Gasteiger partial charge on any atom is -0.504 e. The molecule has 0 aliphatic carbocycles. The Labute approximate surface area is 126 Å². The molecule has 0 aliphatic rings. The largest absolute Gasteiger partial charge is 0.504 e. The van der Waals surface area contributed by atoms with Crippen LogP contribution < -0.4 is 0 Å². The molecule has 0 heterocycles. The van der Waals surface area contributed by atoms with Gasteiger partial charge in [-0.15, -0.1) is 0 Å². The molecule has 0 spiro atoms. The highest BCUT2D eigenvalue weighted by Gasteiger charge is 2.32. The summed E-state index contributed by atoms with van der Waals surface area (Å²) in [5.41, 5.74) is 0. The Morgan fingerprint density at radius 3 is 1.08 bits per heavy atom. The van der Waals surface area contributed by atoms with E-state index in [1.54, 1.807) is 0 Å². The summed E-state index contributed by atoms with van der Waals surface area (Å²) in [5, 5.41) is 12.5. The third-order valence-corrected chi connectivity index (χ3v) is 3.48. The van der Waals surface area contributed by atoms with Gasteiger partial charge < -0.3 is 10.2 Å². The molecule has 0 saturated heterocycles. The summed E-state index contributed by atoms with van der Waals surface area (Å²) in [6.07, 6.45) is 0. The summed E-state index contributed by atoms with van der Waals surface area (Å²) >= 11 is 0. The highest BCUT2D eigenvalue weighted by atomic mass is 19.2. The number of aromatic hydroxyl groups is 2. The van der Waals surface area contributed by atoms with Crippen LogP contribution in [0.3, 0.4) is 0 Å². The van der Waals surface area contributed by atoms with Crippen LogP contribution in [0.4, 0.5) is 35.1 Å². The van der Waals surface area contributed by atoms with Gasteiger partial charge in [0, 0.05) is 10.8 Å². The Kier molecular flexibility index (Phi) is 3.26. The molecule has 24 heavy (non-hydrogen) atoms. The van der Waals surface area contributed by atoms with Gasteiger partial charge in [-0.05, 0) is 0 Å². The summed E-state index contributed by atoms with van der Waals surface area (Å²) in [5.74, 6) is -22.3. The molecule has 0 unspecified atom stereocenters. The van der Waals surface area contributed by atoms with Crippen molar-refractivity contribution < 1.29 is 45.3 Å². The Morgan fingerprint density at radius 1 is 0.333 bits per heavy atom. The van der Waals surface area contributed by atoms with E-state index >= 15 is 0 Å². The van der Waals surface area contributed by atoms with Gasteiger partial charge >= 0.3 is 0 Å². The van der Waals surface area contributed by atoms with E-state index in [4.69, 9.17) is 0 Å². The lowest BCUT2D eigenvalue weighted by Crippen LogP contribution is -2.03. The minimum atomic E-state index is -2.46. The van der Waals surface area contributed by atoms with Crippen molar-refractivity contribution in [3.63, 3.8) is 0 Å². The number of benzene rings is 3. The van der Waals surface area contributed by atoms with Crippen molar-refractivity contribution in [1.82, 2.24) is 0 Å². The van der Waals surface area contributed by atoms with E-state index in [1.807, 2.05) is 0 Å². The van der Waals surface area contributed by atoms with E-state index in [0.717, 1.165) is 0 Å². The van der Waals surface area contributed by atoms with Crippen LogP contribution in [-0.2, 0) is 0 Å². The number of rotatable bonds is 0. The molecular weight excluding hydrogens is 352 g/mol. The second kappa shape index (κ2) is 4.86. The monoisotopic (exact) mass is 354 g/mol. The molecule has 0 saturated carbocycles. The minimum absolute atomic E-state index is 1.57. The fraction of sp³-hybridized carbons (Fsp3) is 0. The van der Waals surface area contributed by atoms with Gasteiger partial charge in [-0.3, -0.25) is 0 Å². The van der Waals surface area contributed by atoms with Crippen molar-refractivity contribution in [3.05, 3.63) is 46.5 Å². The highest BCUT2D eigenvalue weighted by Crippen LogP contribution is 2.45. The Morgan fingerprint density at radius 2 is 0.625 bits per heavy atom. The summed E-state index contributed by atoms with van der Waals surface area (Å²) in [6.45, 7) is 0. The van der Waals surface area contributed by atoms with Crippen LogP contribution in [0.15, 0.2) is 0 Å². The molecule has 0 bridgehead atoms. The summed E-state index contributed by atoms with van der Waals surface area (Å²) < 4.78 is 109. The van der Waals surface area contributed by atoms with Gasteiger partial charge in [0.25, 0.3) is 0 Å². The molecule has 3 aromatic rings. The zero-order valence-electron chi connectivity index (χ0n) is 10.9. The third kappa shape index (κ3) is 1.70. The maximum atomic E-state index is 14.1. The predicted molar refractivity (Wildman–Crippen MR) is 64.4 cm³/mol. The SMILES string of the molecule is Oc1c(F)c2c(O)c(F)c(F)c(F)c2c2c(F)c(F)c(F)c(F)c12. The van der Waals surface area contributed by atoms with Gasteiger partial charge in [-0.25, -0.2) is 30.7 Å². The molecule has 10 heteroatoms. The van der Waals surface area contributed by atoms with Crippen molar-refractivity contribution in [3.8, 4) is 11.5 Å². The molecule has 0 fully saturated rings. The first kappa shape index (κ1) is 16.1. The molecule has 0 atom stereocenters. The predicted octanol–water partition coefficient (Wildman–Crippen LogP) is 4.52. The fourth-order valence-corrected chi connectivity index (χ4v) is 2.41. The van der Waals surface area contributed by atoms with Gasteiger partial charge in [-0.2, -0.15) is 4.39 Å². The maximum absolute atomic E-state index is 14.1. The third-order valence-electron chi connectivity index (χ3n) is 3.48. The van der Waals surface area contributed by atoms with Gasteiger partial charge in [-0.1, -0.05) is 0 Å². The molecule has 0 aromatic heterocycles. The molecule has 0 aliphatic heterocycles. The van der Waals surface area contributed by atoms with E-state index in [0.29, 0.717) is 0 Å². The van der Waals surface area contributed by atoms with E-state index in [1.165, 1.54) is 0 Å². The Bertz CT molecular complexity index is 976. The average Bonchev–Trinajstić information content (AvgIpc) is 2.56. The molecule has 3 aromatic carbocycles. The number of hydrogen-bond donors (Lipinski definition) is 2. The van der Waals surface area contributed by atoms with Crippen LogP contribution in [0.25, 0.3) is 21.5 Å². The van der Waals surface area contributed by atoms with Crippen molar-refractivity contribution in [2.24, 2.45) is 0 Å².